The molecule has 2 bridgehead atoms. The first-order valence-electron chi connectivity index (χ1n) is 23.0. The van der Waals surface area contributed by atoms with E-state index < -0.39 is 17.8 Å². The van der Waals surface area contributed by atoms with Crippen molar-refractivity contribution in [3.05, 3.63) is 74.9 Å². The van der Waals surface area contributed by atoms with Crippen LogP contribution in [0.5, 0.6) is 5.75 Å². The molecule has 66 heavy (non-hydrogen) atoms. The lowest BCUT2D eigenvalue weighted by atomic mass is 9.85. The Balaban J connectivity index is 0.718. The monoisotopic (exact) mass is 924 g/mol. The molecule has 19 heteroatoms. The molecule has 10 rings (SSSR count). The minimum atomic E-state index is -0.782. The number of hydrogen-bond acceptors (Lipinski definition) is 13. The van der Waals surface area contributed by atoms with Crippen LogP contribution in [0.3, 0.4) is 0 Å². The van der Waals surface area contributed by atoms with E-state index in [1.807, 2.05) is 32.0 Å². The first kappa shape index (κ1) is 44.0. The number of carbonyl (C=O) groups is 4. The fraction of sp³-hybridized carbons (Fsp3) is 0.511. The molecule has 7 heterocycles. The van der Waals surface area contributed by atoms with Crippen LogP contribution in [-0.4, -0.2) is 124 Å². The van der Waals surface area contributed by atoms with E-state index in [9.17, 15) is 24.0 Å². The molecular formula is C47H54ClFN10O7. The van der Waals surface area contributed by atoms with Crippen LogP contribution in [0, 0.1) is 5.82 Å². The van der Waals surface area contributed by atoms with Gasteiger partial charge < -0.3 is 39.4 Å². The van der Waals surface area contributed by atoms with Crippen molar-refractivity contribution in [2.75, 3.05) is 55.0 Å². The zero-order chi connectivity index (χ0) is 46.0. The van der Waals surface area contributed by atoms with Gasteiger partial charge in [0.1, 0.15) is 11.1 Å². The topological polar surface area (TPSA) is 184 Å². The standard InChI is InChI=1S/C47H54ClFN10O7/c1-25(2)58-36-8-4-27(16-26(36)17-39(46(58)64)65-24-41(61)50-3)52-43-35(48)20-51-47(54-43)55-14-12-31(13-15-55)66-32-18-30(19-32)59-28-5-6-29(59)22-56(21-28)37-9-7-33-34(42(37)49)23-57(45(33)63)38-10-11-40(60)53-44(38)62/h4,7-9,16-17,20,25,28-32,38H,5-6,10-15,18-19,21-24H2,1-3H3,(H,50,61)(H,51,52,54)(H,53,60,62). The van der Waals surface area contributed by atoms with Gasteiger partial charge in [-0.3, -0.25) is 34.2 Å². The van der Waals surface area contributed by atoms with Crippen molar-refractivity contribution in [3.63, 3.8) is 0 Å². The van der Waals surface area contributed by atoms with Gasteiger partial charge in [-0.05, 0) is 95.2 Å². The van der Waals surface area contributed by atoms with E-state index in [1.165, 1.54) is 11.9 Å². The molecule has 0 spiro atoms. The fourth-order valence-electron chi connectivity index (χ4n) is 10.9. The number of aromatic nitrogens is 3. The number of fused-ring (bicyclic) bond motifs is 4. The number of likely N-dealkylation sites (N-methyl/N-ethyl adjacent to an activating group) is 1. The van der Waals surface area contributed by atoms with Crippen LogP contribution in [0.4, 0.5) is 27.5 Å². The number of pyridine rings is 1. The molecule has 5 aliphatic heterocycles. The van der Waals surface area contributed by atoms with E-state index >= 15 is 4.39 Å². The van der Waals surface area contributed by atoms with Gasteiger partial charge in [-0.1, -0.05) is 11.6 Å². The number of benzene rings is 2. The molecule has 3 unspecified atom stereocenters. The van der Waals surface area contributed by atoms with Gasteiger partial charge in [0.25, 0.3) is 17.4 Å². The Bertz CT molecular complexity index is 2650. The van der Waals surface area contributed by atoms with E-state index in [0.717, 1.165) is 62.5 Å². The number of nitrogens with zero attached hydrogens (tertiary/aromatic N) is 7. The molecule has 348 valence electrons. The summed E-state index contributed by atoms with van der Waals surface area (Å²) in [7, 11) is 1.51. The minimum absolute atomic E-state index is 0.0181. The summed E-state index contributed by atoms with van der Waals surface area (Å²) >= 11 is 6.61. The van der Waals surface area contributed by atoms with Gasteiger partial charge in [-0.15, -0.1) is 0 Å². The molecule has 0 radical (unpaired) electrons. The second-order valence-corrected chi connectivity index (χ2v) is 19.0. The SMILES string of the molecule is CNC(=O)COc1cc2cc(Nc3nc(N4CCC(OC5CC(N6C7CCC6CN(c6ccc8c(c6F)CN(C6CCC(=O)NC6=O)C8=O)C7)C5)CC4)ncc3Cl)ccc2n(C(C)C)c1=O. The lowest BCUT2D eigenvalue weighted by Gasteiger charge is -2.51. The second kappa shape index (κ2) is 17.8. The number of carbonyl (C=O) groups excluding carboxylic acids is 4. The molecule has 4 saturated heterocycles. The predicted molar refractivity (Wildman–Crippen MR) is 245 cm³/mol. The molecule has 17 nitrogen and oxygen atoms in total. The summed E-state index contributed by atoms with van der Waals surface area (Å²) in [5.41, 5.74) is 2.24. The van der Waals surface area contributed by atoms with Gasteiger partial charge in [0.2, 0.25) is 17.8 Å². The van der Waals surface area contributed by atoms with Crippen molar-refractivity contribution in [2.24, 2.45) is 0 Å². The van der Waals surface area contributed by atoms with Crippen molar-refractivity contribution < 1.29 is 33.0 Å². The second-order valence-electron chi connectivity index (χ2n) is 18.6. The lowest BCUT2D eigenvalue weighted by molar-refractivity contribution is -0.137. The number of anilines is 4. The quantitative estimate of drug-likeness (QED) is 0.167. The van der Waals surface area contributed by atoms with E-state index in [2.05, 4.69) is 35.6 Å². The number of piperazine rings is 1. The molecule has 3 N–H and O–H groups in total. The summed E-state index contributed by atoms with van der Waals surface area (Å²) in [6, 6.07) is 10.8. The highest BCUT2D eigenvalue weighted by Crippen LogP contribution is 2.43. The molecule has 2 aromatic heterocycles. The van der Waals surface area contributed by atoms with Gasteiger partial charge in [0.05, 0.1) is 36.2 Å². The Morgan fingerprint density at radius 1 is 0.955 bits per heavy atom. The van der Waals surface area contributed by atoms with E-state index in [4.69, 9.17) is 26.1 Å². The van der Waals surface area contributed by atoms with Gasteiger partial charge in [0, 0.05) is 86.0 Å². The van der Waals surface area contributed by atoms with Crippen LogP contribution in [0.25, 0.3) is 10.9 Å². The average Bonchev–Trinajstić information content (AvgIpc) is 3.75. The Hall–Kier alpha value is -5.85. The van der Waals surface area contributed by atoms with E-state index in [1.54, 1.807) is 29.0 Å². The zero-order valence-electron chi connectivity index (χ0n) is 37.2. The third kappa shape index (κ3) is 8.20. The summed E-state index contributed by atoms with van der Waals surface area (Å²) in [6.07, 6.45) is 8.07. The van der Waals surface area contributed by atoms with Crippen LogP contribution in [-0.2, 0) is 25.7 Å². The Morgan fingerprint density at radius 2 is 1.71 bits per heavy atom. The maximum absolute atomic E-state index is 16.2. The third-order valence-electron chi connectivity index (χ3n) is 14.3. The summed E-state index contributed by atoms with van der Waals surface area (Å²) < 4.78 is 30.2. The number of imide groups is 1. The number of ether oxygens (including phenoxy) is 2. The highest BCUT2D eigenvalue weighted by molar-refractivity contribution is 6.33. The van der Waals surface area contributed by atoms with E-state index in [-0.39, 0.29) is 78.8 Å². The summed E-state index contributed by atoms with van der Waals surface area (Å²) in [6.45, 7) is 6.47. The molecule has 1 aliphatic carbocycles. The lowest BCUT2D eigenvalue weighted by Crippen LogP contribution is -2.61. The number of piperidine rings is 2. The van der Waals surface area contributed by atoms with Crippen molar-refractivity contribution >= 4 is 69.3 Å². The molecular weight excluding hydrogens is 871 g/mol. The maximum Gasteiger partial charge on any atom is 0.293 e. The first-order chi connectivity index (χ1) is 31.8. The number of halogens is 2. The highest BCUT2D eigenvalue weighted by Gasteiger charge is 2.49. The highest BCUT2D eigenvalue weighted by atomic mass is 35.5. The number of rotatable bonds is 12. The van der Waals surface area contributed by atoms with Crippen molar-refractivity contribution in [1.29, 1.82) is 0 Å². The molecule has 4 amide bonds. The van der Waals surface area contributed by atoms with Crippen LogP contribution in [0.15, 0.2) is 47.4 Å². The largest absolute Gasteiger partial charge is 0.478 e. The van der Waals surface area contributed by atoms with Gasteiger partial charge in [-0.25, -0.2) is 9.37 Å². The molecule has 2 aromatic carbocycles. The Labute approximate surface area is 385 Å². The van der Waals surface area contributed by atoms with Gasteiger partial charge >= 0.3 is 0 Å². The van der Waals surface area contributed by atoms with Crippen LogP contribution in [0.2, 0.25) is 5.02 Å². The molecule has 3 atom stereocenters. The van der Waals surface area contributed by atoms with Crippen molar-refractivity contribution in [3.8, 4) is 5.75 Å². The molecule has 5 fully saturated rings. The molecule has 4 aromatic rings. The van der Waals surface area contributed by atoms with Crippen LogP contribution in [0.1, 0.15) is 87.2 Å². The fourth-order valence-corrected chi connectivity index (χ4v) is 11.0. The summed E-state index contributed by atoms with van der Waals surface area (Å²) in [5.74, 6) is -0.850. The van der Waals surface area contributed by atoms with Crippen molar-refractivity contribution in [2.45, 2.75) is 114 Å². The van der Waals surface area contributed by atoms with Crippen LogP contribution >= 0.6 is 11.6 Å². The zero-order valence-corrected chi connectivity index (χ0v) is 38.0. The number of amides is 4. The predicted octanol–water partition coefficient (Wildman–Crippen LogP) is 4.66. The van der Waals surface area contributed by atoms with Crippen LogP contribution < -0.4 is 36.0 Å². The maximum atomic E-state index is 16.2. The van der Waals surface area contributed by atoms with E-state index in [0.29, 0.717) is 64.9 Å². The number of hydrogen-bond donors (Lipinski definition) is 3. The van der Waals surface area contributed by atoms with Gasteiger partial charge in [-0.2, -0.15) is 4.98 Å². The minimum Gasteiger partial charge on any atom is -0.478 e. The Morgan fingerprint density at radius 3 is 2.42 bits per heavy atom. The normalized spacial score (nSPS) is 24.5. The summed E-state index contributed by atoms with van der Waals surface area (Å²) in [4.78, 5) is 80.3. The molecule has 1 saturated carbocycles. The van der Waals surface area contributed by atoms with Crippen molar-refractivity contribution in [1.82, 2.24) is 35.0 Å². The molecule has 6 aliphatic rings. The Kier molecular flexibility index (Phi) is 11.8. The summed E-state index contributed by atoms with van der Waals surface area (Å²) in [5, 5.41) is 9.25. The average molecular weight is 925 g/mol. The van der Waals surface area contributed by atoms with Gasteiger partial charge in [0.15, 0.2) is 24.0 Å². The first-order valence-corrected chi connectivity index (χ1v) is 23.4. The smallest absolute Gasteiger partial charge is 0.293 e. The number of nitrogens with one attached hydrogen (secondary N) is 3. The third-order valence-corrected chi connectivity index (χ3v) is 14.5.